The minimum Gasteiger partial charge on any atom is -0.0825 e. The van der Waals surface area contributed by atoms with Crippen molar-refractivity contribution < 1.29 is 0 Å². The van der Waals surface area contributed by atoms with E-state index in [1.165, 1.54) is 5.57 Å². The Kier molecular flexibility index (Phi) is 3.07. The summed E-state index contributed by atoms with van der Waals surface area (Å²) in [7, 11) is 0. The van der Waals surface area contributed by atoms with Crippen molar-refractivity contribution in [1.29, 1.82) is 0 Å². The average molecular weight is 194 g/mol. The Balaban J connectivity index is 2.94. The van der Waals surface area contributed by atoms with Crippen LogP contribution < -0.4 is 0 Å². The topological polar surface area (TPSA) is 0 Å². The van der Waals surface area contributed by atoms with E-state index in [1.807, 2.05) is 6.08 Å². The Morgan fingerprint density at radius 3 is 2.54 bits per heavy atom. The maximum Gasteiger partial charge on any atom is 0.0373 e. The average Bonchev–Trinajstić information content (AvgIpc) is 2.08. The van der Waals surface area contributed by atoms with Gasteiger partial charge in [0.1, 0.15) is 0 Å². The second-order valence-corrected chi connectivity index (χ2v) is 5.32. The molecule has 0 saturated carbocycles. The van der Waals surface area contributed by atoms with Crippen LogP contribution in [0.25, 0.3) is 0 Å². The maximum atomic E-state index is 5.18. The van der Waals surface area contributed by atoms with Gasteiger partial charge in [0.15, 0.2) is 0 Å². The van der Waals surface area contributed by atoms with E-state index in [0.717, 1.165) is 11.3 Å². The molecule has 0 N–H and O–H groups in total. The quantitative estimate of drug-likeness (QED) is 0.527. The molecule has 0 fully saturated rings. The molecule has 1 atom stereocenters. The molecule has 0 aromatic rings. The molecular weight excluding hydrogens is 176 g/mol. The fourth-order valence-electron chi connectivity index (χ4n) is 1.92. The van der Waals surface area contributed by atoms with Crippen LogP contribution in [-0.2, 0) is 0 Å². The standard InChI is InChI=1S/C12H18S/c1-9-8-10(13)6-5-7-11(9)12(2,3)4/h5-6,8,11H,7H2,1-4H3. The van der Waals surface area contributed by atoms with Gasteiger partial charge in [-0.3, -0.25) is 0 Å². The lowest BCUT2D eigenvalue weighted by Gasteiger charge is -2.30. The fraction of sp³-hybridized carbons (Fsp3) is 0.583. The van der Waals surface area contributed by atoms with Crippen molar-refractivity contribution in [1.82, 2.24) is 0 Å². The van der Waals surface area contributed by atoms with Crippen LogP contribution in [-0.4, -0.2) is 4.86 Å². The van der Waals surface area contributed by atoms with Gasteiger partial charge in [0.2, 0.25) is 0 Å². The summed E-state index contributed by atoms with van der Waals surface area (Å²) in [6, 6.07) is 0. The number of rotatable bonds is 0. The minimum atomic E-state index is 0.338. The van der Waals surface area contributed by atoms with Crippen molar-refractivity contribution in [2.24, 2.45) is 11.3 Å². The van der Waals surface area contributed by atoms with Gasteiger partial charge in [0, 0.05) is 4.86 Å². The smallest absolute Gasteiger partial charge is 0.0373 e. The normalized spacial score (nSPS) is 24.2. The largest absolute Gasteiger partial charge is 0.0825 e. The first-order valence-electron chi connectivity index (χ1n) is 4.80. The van der Waals surface area contributed by atoms with E-state index in [1.54, 1.807) is 0 Å². The minimum absolute atomic E-state index is 0.338. The highest BCUT2D eigenvalue weighted by Crippen LogP contribution is 2.35. The Labute approximate surface area is 86.7 Å². The highest BCUT2D eigenvalue weighted by atomic mass is 32.1. The van der Waals surface area contributed by atoms with Gasteiger partial charge < -0.3 is 0 Å². The summed E-state index contributed by atoms with van der Waals surface area (Å²) >= 11 is 5.18. The summed E-state index contributed by atoms with van der Waals surface area (Å²) < 4.78 is 0. The van der Waals surface area contributed by atoms with Gasteiger partial charge in [-0.25, -0.2) is 0 Å². The van der Waals surface area contributed by atoms with Crippen molar-refractivity contribution in [3.63, 3.8) is 0 Å². The first kappa shape index (κ1) is 10.6. The lowest BCUT2D eigenvalue weighted by atomic mass is 9.75. The lowest BCUT2D eigenvalue weighted by Crippen LogP contribution is -2.20. The van der Waals surface area contributed by atoms with Crippen LogP contribution in [0.15, 0.2) is 23.8 Å². The van der Waals surface area contributed by atoms with Crippen LogP contribution >= 0.6 is 12.2 Å². The summed E-state index contributed by atoms with van der Waals surface area (Å²) in [6.45, 7) is 9.06. The van der Waals surface area contributed by atoms with Gasteiger partial charge in [-0.05, 0) is 36.8 Å². The molecule has 0 heterocycles. The van der Waals surface area contributed by atoms with Crippen molar-refractivity contribution in [3.8, 4) is 0 Å². The molecule has 13 heavy (non-hydrogen) atoms. The summed E-state index contributed by atoms with van der Waals surface area (Å²) in [4.78, 5) is 0.962. The number of hydrogen-bond acceptors (Lipinski definition) is 1. The van der Waals surface area contributed by atoms with Crippen LogP contribution in [0.4, 0.5) is 0 Å². The first-order chi connectivity index (χ1) is 5.91. The number of allylic oxidation sites excluding steroid dienone is 4. The Bertz CT molecular complexity index is 263. The predicted octanol–water partition coefficient (Wildman–Crippen LogP) is 3.92. The zero-order chi connectivity index (χ0) is 10.1. The molecule has 0 aliphatic heterocycles. The SMILES string of the molecule is CC1=CC(=S)C=CCC1C(C)(C)C. The molecule has 1 aliphatic rings. The number of hydrogen-bond donors (Lipinski definition) is 0. The molecule has 0 nitrogen and oxygen atoms in total. The molecule has 0 aromatic heterocycles. The van der Waals surface area contributed by atoms with Crippen LogP contribution in [0.1, 0.15) is 34.1 Å². The summed E-state index contributed by atoms with van der Waals surface area (Å²) in [5.41, 5.74) is 1.76. The van der Waals surface area contributed by atoms with Crippen molar-refractivity contribution >= 4 is 17.1 Å². The second-order valence-electron chi connectivity index (χ2n) is 4.85. The van der Waals surface area contributed by atoms with Crippen LogP contribution in [0.5, 0.6) is 0 Å². The molecule has 0 saturated heterocycles. The molecule has 1 heteroatoms. The van der Waals surface area contributed by atoms with E-state index in [-0.39, 0.29) is 0 Å². The van der Waals surface area contributed by atoms with E-state index in [4.69, 9.17) is 12.2 Å². The van der Waals surface area contributed by atoms with E-state index in [9.17, 15) is 0 Å². The Morgan fingerprint density at radius 1 is 1.38 bits per heavy atom. The third-order valence-corrected chi connectivity index (χ3v) is 2.87. The van der Waals surface area contributed by atoms with E-state index in [2.05, 4.69) is 39.8 Å². The van der Waals surface area contributed by atoms with Crippen LogP contribution in [0, 0.1) is 11.3 Å². The van der Waals surface area contributed by atoms with E-state index >= 15 is 0 Å². The third-order valence-electron chi connectivity index (χ3n) is 2.62. The van der Waals surface area contributed by atoms with Crippen LogP contribution in [0.3, 0.4) is 0 Å². The monoisotopic (exact) mass is 194 g/mol. The fourth-order valence-corrected chi connectivity index (χ4v) is 2.20. The summed E-state index contributed by atoms with van der Waals surface area (Å²) in [5.74, 6) is 0.629. The molecular formula is C12H18S. The van der Waals surface area contributed by atoms with Gasteiger partial charge in [0.05, 0.1) is 0 Å². The highest BCUT2D eigenvalue weighted by Gasteiger charge is 2.25. The van der Waals surface area contributed by atoms with Gasteiger partial charge >= 0.3 is 0 Å². The predicted molar refractivity (Wildman–Crippen MR) is 63.1 cm³/mol. The van der Waals surface area contributed by atoms with Gasteiger partial charge in [0.25, 0.3) is 0 Å². The van der Waals surface area contributed by atoms with E-state index < -0.39 is 0 Å². The molecule has 0 radical (unpaired) electrons. The number of thiocarbonyl (C=S) groups is 1. The van der Waals surface area contributed by atoms with Gasteiger partial charge in [-0.15, -0.1) is 0 Å². The summed E-state index contributed by atoms with van der Waals surface area (Å²) in [6.07, 6.45) is 7.50. The van der Waals surface area contributed by atoms with Crippen molar-refractivity contribution in [2.45, 2.75) is 34.1 Å². The molecule has 1 unspecified atom stereocenters. The van der Waals surface area contributed by atoms with Crippen molar-refractivity contribution in [3.05, 3.63) is 23.8 Å². The zero-order valence-corrected chi connectivity index (χ0v) is 9.74. The van der Waals surface area contributed by atoms with Crippen molar-refractivity contribution in [2.75, 3.05) is 0 Å². The van der Waals surface area contributed by atoms with Gasteiger partial charge in [-0.1, -0.05) is 44.6 Å². The second kappa shape index (κ2) is 3.75. The first-order valence-corrected chi connectivity index (χ1v) is 5.21. The molecule has 1 rings (SSSR count). The zero-order valence-electron chi connectivity index (χ0n) is 8.92. The summed E-state index contributed by atoms with van der Waals surface area (Å²) in [5, 5.41) is 0. The molecule has 0 bridgehead atoms. The Morgan fingerprint density at radius 2 is 2.00 bits per heavy atom. The molecule has 1 aliphatic carbocycles. The van der Waals surface area contributed by atoms with Gasteiger partial charge in [-0.2, -0.15) is 0 Å². The Hall–Kier alpha value is -0.430. The lowest BCUT2D eigenvalue weighted by molar-refractivity contribution is 0.282. The maximum absolute atomic E-state index is 5.18. The highest BCUT2D eigenvalue weighted by molar-refractivity contribution is 7.81. The molecule has 72 valence electrons. The van der Waals surface area contributed by atoms with E-state index in [0.29, 0.717) is 11.3 Å². The molecule has 0 spiro atoms. The molecule has 0 amide bonds. The van der Waals surface area contributed by atoms with Crippen LogP contribution in [0.2, 0.25) is 0 Å². The third kappa shape index (κ3) is 2.77. The molecule has 0 aromatic carbocycles.